The zero-order valence-electron chi connectivity index (χ0n) is 17.4. The van der Waals surface area contributed by atoms with Gasteiger partial charge in [0.2, 0.25) is 0 Å². The standard InChI is InChI=1S/C23H20N4O4S/c1-26-20(24)17(21(29)27(2)23(26)30)16(28)13-32-22-25-18(14-9-5-3-6-10-14)19(31-22)15-11-7-4-8-12-15/h3-12H,13,24H2,1-2H3. The highest BCUT2D eigenvalue weighted by atomic mass is 32.2. The Labute approximate surface area is 187 Å². The molecule has 0 aliphatic carbocycles. The van der Waals surface area contributed by atoms with E-state index in [1.807, 2.05) is 60.7 Å². The number of ketones is 1. The number of nitrogens with zero attached hydrogens (tertiary/aromatic N) is 3. The molecule has 2 aromatic heterocycles. The Balaban J connectivity index is 1.67. The van der Waals surface area contributed by atoms with Crippen LogP contribution in [0.1, 0.15) is 10.4 Å². The van der Waals surface area contributed by atoms with E-state index in [1.165, 1.54) is 14.1 Å². The molecule has 0 spiro atoms. The van der Waals surface area contributed by atoms with Gasteiger partial charge >= 0.3 is 5.69 Å². The SMILES string of the molecule is Cn1c(N)c(C(=O)CSc2nc(-c3ccccc3)c(-c3ccccc3)o2)c(=O)n(C)c1=O. The van der Waals surface area contributed by atoms with Crippen LogP contribution in [0.15, 0.2) is 79.9 Å². The zero-order valence-corrected chi connectivity index (χ0v) is 18.3. The third-order valence-electron chi connectivity index (χ3n) is 5.01. The van der Waals surface area contributed by atoms with Gasteiger partial charge in [-0.05, 0) is 0 Å². The molecule has 2 heterocycles. The molecule has 0 aliphatic rings. The summed E-state index contributed by atoms with van der Waals surface area (Å²) in [5.74, 6) is -0.208. The van der Waals surface area contributed by atoms with Gasteiger partial charge in [0.15, 0.2) is 11.5 Å². The Morgan fingerprint density at radius 2 is 1.56 bits per heavy atom. The van der Waals surface area contributed by atoms with Crippen molar-refractivity contribution in [1.29, 1.82) is 0 Å². The van der Waals surface area contributed by atoms with Crippen molar-refractivity contribution in [3.8, 4) is 22.6 Å². The van der Waals surface area contributed by atoms with Crippen LogP contribution in [0.3, 0.4) is 0 Å². The van der Waals surface area contributed by atoms with E-state index in [2.05, 4.69) is 4.98 Å². The number of thioether (sulfide) groups is 1. The minimum atomic E-state index is -0.724. The first kappa shape index (κ1) is 21.4. The van der Waals surface area contributed by atoms with Crippen LogP contribution in [0.4, 0.5) is 5.82 Å². The number of anilines is 1. The molecule has 4 rings (SSSR count). The summed E-state index contributed by atoms with van der Waals surface area (Å²) in [7, 11) is 2.72. The average Bonchev–Trinajstić information content (AvgIpc) is 3.26. The Hall–Kier alpha value is -3.85. The first-order valence-electron chi connectivity index (χ1n) is 9.71. The van der Waals surface area contributed by atoms with Crippen molar-refractivity contribution < 1.29 is 9.21 Å². The monoisotopic (exact) mass is 448 g/mol. The predicted molar refractivity (Wildman–Crippen MR) is 124 cm³/mol. The Bertz CT molecular complexity index is 1350. The number of hydrogen-bond donors (Lipinski definition) is 1. The van der Waals surface area contributed by atoms with Crippen molar-refractivity contribution >= 4 is 23.4 Å². The minimum absolute atomic E-state index is 0.124. The molecular weight excluding hydrogens is 428 g/mol. The molecular formula is C23H20N4O4S. The summed E-state index contributed by atoms with van der Waals surface area (Å²) >= 11 is 1.06. The van der Waals surface area contributed by atoms with Gasteiger partial charge in [0.25, 0.3) is 10.8 Å². The minimum Gasteiger partial charge on any atom is -0.431 e. The summed E-state index contributed by atoms with van der Waals surface area (Å²) in [5.41, 5.74) is 6.74. The van der Waals surface area contributed by atoms with Gasteiger partial charge in [0, 0.05) is 25.2 Å². The first-order valence-corrected chi connectivity index (χ1v) is 10.7. The molecule has 2 aromatic carbocycles. The quantitative estimate of drug-likeness (QED) is 0.356. The lowest BCUT2D eigenvalue weighted by Crippen LogP contribution is -2.41. The zero-order chi connectivity index (χ0) is 22.8. The van der Waals surface area contributed by atoms with Gasteiger partial charge in [-0.15, -0.1) is 0 Å². The molecule has 4 aromatic rings. The molecule has 0 unspecified atom stereocenters. The first-order chi connectivity index (χ1) is 15.4. The topological polar surface area (TPSA) is 113 Å². The van der Waals surface area contributed by atoms with Gasteiger partial charge in [-0.25, -0.2) is 9.78 Å². The van der Waals surface area contributed by atoms with E-state index in [-0.39, 0.29) is 22.4 Å². The highest BCUT2D eigenvalue weighted by Crippen LogP contribution is 2.35. The largest absolute Gasteiger partial charge is 0.431 e. The van der Waals surface area contributed by atoms with Gasteiger partial charge in [-0.2, -0.15) is 0 Å². The lowest BCUT2D eigenvalue weighted by molar-refractivity contribution is 0.102. The number of nitrogens with two attached hydrogens (primary N) is 1. The number of benzene rings is 2. The summed E-state index contributed by atoms with van der Waals surface area (Å²) in [6.07, 6.45) is 0. The number of nitrogen functional groups attached to an aromatic ring is 1. The van der Waals surface area contributed by atoms with Crippen LogP contribution in [0.2, 0.25) is 0 Å². The number of oxazole rings is 1. The molecule has 0 bridgehead atoms. The molecule has 0 saturated carbocycles. The van der Waals surface area contributed by atoms with Crippen molar-refractivity contribution in [2.75, 3.05) is 11.5 Å². The Morgan fingerprint density at radius 1 is 0.969 bits per heavy atom. The van der Waals surface area contributed by atoms with Crippen molar-refractivity contribution in [1.82, 2.24) is 14.1 Å². The molecule has 0 saturated heterocycles. The van der Waals surface area contributed by atoms with Crippen LogP contribution in [0.5, 0.6) is 0 Å². The molecule has 0 aliphatic heterocycles. The summed E-state index contributed by atoms with van der Waals surface area (Å²) in [4.78, 5) is 41.8. The second kappa shape index (κ2) is 8.72. The normalized spacial score (nSPS) is 10.9. The number of aromatic nitrogens is 3. The van der Waals surface area contributed by atoms with Crippen molar-refractivity contribution in [3.63, 3.8) is 0 Å². The lowest BCUT2D eigenvalue weighted by Gasteiger charge is -2.10. The van der Waals surface area contributed by atoms with E-state index in [4.69, 9.17) is 10.2 Å². The van der Waals surface area contributed by atoms with Crippen LogP contribution in [0, 0.1) is 0 Å². The van der Waals surface area contributed by atoms with E-state index < -0.39 is 17.0 Å². The van der Waals surface area contributed by atoms with E-state index in [0.29, 0.717) is 11.5 Å². The third-order valence-corrected chi connectivity index (χ3v) is 5.83. The fourth-order valence-electron chi connectivity index (χ4n) is 3.26. The van der Waals surface area contributed by atoms with Gasteiger partial charge in [0.05, 0.1) is 5.75 Å². The molecule has 32 heavy (non-hydrogen) atoms. The smallest absolute Gasteiger partial charge is 0.332 e. The molecule has 2 N–H and O–H groups in total. The molecule has 0 radical (unpaired) electrons. The van der Waals surface area contributed by atoms with Gasteiger partial charge in [0.1, 0.15) is 17.1 Å². The maximum absolute atomic E-state index is 12.8. The second-order valence-corrected chi connectivity index (χ2v) is 7.99. The summed E-state index contributed by atoms with van der Waals surface area (Å²) in [5, 5.41) is 0.288. The number of hydrogen-bond acceptors (Lipinski definition) is 7. The lowest BCUT2D eigenvalue weighted by atomic mass is 10.1. The number of Topliss-reactive ketones (excluding diaryl/α,β-unsaturated/α-hetero) is 1. The molecule has 9 heteroatoms. The summed E-state index contributed by atoms with van der Waals surface area (Å²) in [6.45, 7) is 0. The summed E-state index contributed by atoms with van der Waals surface area (Å²) < 4.78 is 7.93. The van der Waals surface area contributed by atoms with Gasteiger partial charge in [-0.3, -0.25) is 18.7 Å². The van der Waals surface area contributed by atoms with Gasteiger partial charge in [-0.1, -0.05) is 72.4 Å². The van der Waals surface area contributed by atoms with E-state index in [9.17, 15) is 14.4 Å². The molecule has 0 fully saturated rings. The van der Waals surface area contributed by atoms with E-state index in [1.54, 1.807) is 0 Å². The van der Waals surface area contributed by atoms with Gasteiger partial charge < -0.3 is 10.2 Å². The van der Waals surface area contributed by atoms with Crippen LogP contribution in [-0.4, -0.2) is 25.7 Å². The van der Waals surface area contributed by atoms with Crippen molar-refractivity contribution in [2.45, 2.75) is 5.22 Å². The molecule has 0 amide bonds. The number of rotatable bonds is 6. The van der Waals surface area contributed by atoms with E-state index >= 15 is 0 Å². The Kier molecular flexibility index (Phi) is 5.83. The fourth-order valence-corrected chi connectivity index (χ4v) is 3.96. The fraction of sp³-hybridized carbons (Fsp3) is 0.130. The highest BCUT2D eigenvalue weighted by Gasteiger charge is 2.22. The Morgan fingerprint density at radius 3 is 2.19 bits per heavy atom. The maximum Gasteiger partial charge on any atom is 0.332 e. The van der Waals surface area contributed by atoms with Crippen molar-refractivity contribution in [2.24, 2.45) is 14.1 Å². The second-order valence-electron chi connectivity index (χ2n) is 7.07. The highest BCUT2D eigenvalue weighted by molar-refractivity contribution is 7.99. The van der Waals surface area contributed by atoms with Crippen LogP contribution >= 0.6 is 11.8 Å². The van der Waals surface area contributed by atoms with Crippen LogP contribution < -0.4 is 17.0 Å². The van der Waals surface area contributed by atoms with Crippen LogP contribution in [-0.2, 0) is 14.1 Å². The molecule has 0 atom stereocenters. The van der Waals surface area contributed by atoms with Crippen molar-refractivity contribution in [3.05, 3.63) is 87.1 Å². The molecule has 8 nitrogen and oxygen atoms in total. The summed E-state index contributed by atoms with van der Waals surface area (Å²) in [6, 6.07) is 19.1. The predicted octanol–water partition coefficient (Wildman–Crippen LogP) is 2.96. The van der Waals surface area contributed by atoms with Crippen LogP contribution in [0.25, 0.3) is 22.6 Å². The average molecular weight is 449 g/mol. The van der Waals surface area contributed by atoms with E-state index in [0.717, 1.165) is 32.0 Å². The third kappa shape index (κ3) is 3.90. The number of carbonyl (C=O) groups excluding carboxylic acids is 1. The molecule has 162 valence electrons. The maximum atomic E-state index is 12.8. The number of carbonyl (C=O) groups is 1.